The summed E-state index contributed by atoms with van der Waals surface area (Å²) in [7, 11) is 0. The highest BCUT2D eigenvalue weighted by atomic mass is 19.1. The minimum atomic E-state index is -1.01. The molecular weight excluding hydrogens is 122 g/mol. The zero-order valence-corrected chi connectivity index (χ0v) is 5.14. The summed E-state index contributed by atoms with van der Waals surface area (Å²) in [6.07, 6.45) is 2.67. The van der Waals surface area contributed by atoms with E-state index in [9.17, 15) is 8.78 Å². The zero-order valence-electron chi connectivity index (χ0n) is 5.14. The first-order chi connectivity index (χ1) is 4.20. The van der Waals surface area contributed by atoms with Crippen LogP contribution in [-0.2, 0) is 0 Å². The lowest BCUT2D eigenvalue weighted by atomic mass is 10.0. The number of rotatable bonds is 0. The van der Waals surface area contributed by atoms with Crippen LogP contribution in [0.3, 0.4) is 0 Å². The molecule has 0 aromatic carbocycles. The van der Waals surface area contributed by atoms with Crippen LogP contribution in [-0.4, -0.2) is 6.17 Å². The van der Waals surface area contributed by atoms with Crippen LogP contribution in [0.2, 0.25) is 0 Å². The molecule has 1 aliphatic carbocycles. The van der Waals surface area contributed by atoms with Gasteiger partial charge in [0.2, 0.25) is 0 Å². The van der Waals surface area contributed by atoms with Gasteiger partial charge in [-0.15, -0.1) is 0 Å². The van der Waals surface area contributed by atoms with Crippen molar-refractivity contribution < 1.29 is 8.78 Å². The lowest BCUT2D eigenvalue weighted by Gasteiger charge is -2.11. The van der Waals surface area contributed by atoms with Crippen LogP contribution in [0, 0.1) is 5.92 Å². The van der Waals surface area contributed by atoms with Gasteiger partial charge >= 0.3 is 0 Å². The Morgan fingerprint density at radius 3 is 2.67 bits per heavy atom. The van der Waals surface area contributed by atoms with E-state index in [1.807, 2.05) is 0 Å². The maximum atomic E-state index is 12.5. The van der Waals surface area contributed by atoms with Crippen molar-refractivity contribution in [3.8, 4) is 0 Å². The molecule has 0 aliphatic heterocycles. The Morgan fingerprint density at radius 2 is 2.22 bits per heavy atom. The molecule has 0 amide bonds. The molecule has 0 heterocycles. The Balaban J connectivity index is 2.70. The standard InChI is InChI=1S/C7H8F2/c1-5-4-6(8)2-3-7(5)9/h2-5,7H,1H3. The predicted molar refractivity (Wildman–Crippen MR) is 32.4 cm³/mol. The minimum Gasteiger partial charge on any atom is -0.242 e. The predicted octanol–water partition coefficient (Wildman–Crippen LogP) is 2.38. The average molecular weight is 130 g/mol. The summed E-state index contributed by atoms with van der Waals surface area (Å²) >= 11 is 0. The lowest BCUT2D eigenvalue weighted by Crippen LogP contribution is -2.09. The SMILES string of the molecule is CC1C=C(F)C=CC1F. The molecule has 2 unspecified atom stereocenters. The second-order valence-corrected chi connectivity index (χ2v) is 2.21. The van der Waals surface area contributed by atoms with Gasteiger partial charge in [-0.3, -0.25) is 0 Å². The Morgan fingerprint density at radius 1 is 1.56 bits per heavy atom. The van der Waals surface area contributed by atoms with Crippen molar-refractivity contribution >= 4 is 0 Å². The second kappa shape index (κ2) is 2.29. The Labute approximate surface area is 52.9 Å². The summed E-state index contributed by atoms with van der Waals surface area (Å²) in [6, 6.07) is 0. The highest BCUT2D eigenvalue weighted by Crippen LogP contribution is 2.19. The van der Waals surface area contributed by atoms with Crippen LogP contribution < -0.4 is 0 Å². The second-order valence-electron chi connectivity index (χ2n) is 2.21. The molecule has 0 nitrogen and oxygen atoms in total. The molecule has 9 heavy (non-hydrogen) atoms. The van der Waals surface area contributed by atoms with E-state index in [-0.39, 0.29) is 11.7 Å². The third-order valence-corrected chi connectivity index (χ3v) is 1.36. The fourth-order valence-electron chi connectivity index (χ4n) is 0.758. The van der Waals surface area contributed by atoms with Gasteiger partial charge in [0.25, 0.3) is 0 Å². The zero-order chi connectivity index (χ0) is 6.85. The molecule has 0 saturated carbocycles. The Hall–Kier alpha value is -0.660. The first kappa shape index (κ1) is 6.46. The summed E-state index contributed by atoms with van der Waals surface area (Å²) < 4.78 is 24.7. The first-order valence-corrected chi connectivity index (χ1v) is 2.90. The van der Waals surface area contributed by atoms with E-state index in [2.05, 4.69) is 0 Å². The van der Waals surface area contributed by atoms with Crippen LogP contribution in [0.15, 0.2) is 24.1 Å². The van der Waals surface area contributed by atoms with Crippen molar-refractivity contribution in [1.82, 2.24) is 0 Å². The van der Waals surface area contributed by atoms with Gasteiger partial charge < -0.3 is 0 Å². The van der Waals surface area contributed by atoms with Crippen LogP contribution >= 0.6 is 0 Å². The normalized spacial score (nSPS) is 34.3. The lowest BCUT2D eigenvalue weighted by molar-refractivity contribution is 0.328. The topological polar surface area (TPSA) is 0 Å². The molecule has 0 fully saturated rings. The van der Waals surface area contributed by atoms with Gasteiger partial charge in [-0.1, -0.05) is 6.92 Å². The minimum absolute atomic E-state index is 0.310. The van der Waals surface area contributed by atoms with Gasteiger partial charge in [-0.2, -0.15) is 0 Å². The Bertz CT molecular complexity index is 158. The largest absolute Gasteiger partial charge is 0.242 e. The molecule has 0 spiro atoms. The van der Waals surface area contributed by atoms with E-state index in [1.54, 1.807) is 6.92 Å². The summed E-state index contributed by atoms with van der Waals surface area (Å²) in [5.74, 6) is -0.647. The van der Waals surface area contributed by atoms with E-state index in [4.69, 9.17) is 0 Å². The summed E-state index contributed by atoms with van der Waals surface area (Å²) in [4.78, 5) is 0. The van der Waals surface area contributed by atoms with Gasteiger partial charge in [0, 0.05) is 5.92 Å². The van der Waals surface area contributed by atoms with Crippen molar-refractivity contribution in [3.63, 3.8) is 0 Å². The van der Waals surface area contributed by atoms with Crippen molar-refractivity contribution in [1.29, 1.82) is 0 Å². The maximum Gasteiger partial charge on any atom is 0.125 e. The van der Waals surface area contributed by atoms with Crippen LogP contribution in [0.25, 0.3) is 0 Å². The van der Waals surface area contributed by atoms with Gasteiger partial charge in [0.1, 0.15) is 12.0 Å². The molecule has 0 aromatic rings. The summed E-state index contributed by atoms with van der Waals surface area (Å²) in [6.45, 7) is 1.65. The first-order valence-electron chi connectivity index (χ1n) is 2.90. The molecule has 2 heteroatoms. The smallest absolute Gasteiger partial charge is 0.125 e. The highest BCUT2D eigenvalue weighted by molar-refractivity contribution is 5.20. The molecule has 0 aromatic heterocycles. The monoisotopic (exact) mass is 130 g/mol. The fraction of sp³-hybridized carbons (Fsp3) is 0.429. The van der Waals surface area contributed by atoms with Crippen LogP contribution in [0.1, 0.15) is 6.92 Å². The van der Waals surface area contributed by atoms with Crippen molar-refractivity contribution in [2.24, 2.45) is 5.92 Å². The third-order valence-electron chi connectivity index (χ3n) is 1.36. The van der Waals surface area contributed by atoms with E-state index in [1.165, 1.54) is 12.2 Å². The summed E-state index contributed by atoms with van der Waals surface area (Å²) in [5.41, 5.74) is 0. The maximum absolute atomic E-state index is 12.5. The quantitative estimate of drug-likeness (QED) is 0.472. The van der Waals surface area contributed by atoms with Gasteiger partial charge in [-0.05, 0) is 18.2 Å². The molecule has 0 saturated heterocycles. The van der Waals surface area contributed by atoms with Crippen LogP contribution in [0.4, 0.5) is 8.78 Å². The summed E-state index contributed by atoms with van der Waals surface area (Å²) in [5, 5.41) is 0. The fourth-order valence-corrected chi connectivity index (χ4v) is 0.758. The Kier molecular flexibility index (Phi) is 1.65. The van der Waals surface area contributed by atoms with E-state index in [0.29, 0.717) is 0 Å². The number of hydrogen-bond donors (Lipinski definition) is 0. The van der Waals surface area contributed by atoms with Gasteiger partial charge in [0.05, 0.1) is 0 Å². The van der Waals surface area contributed by atoms with E-state index < -0.39 is 6.17 Å². The molecule has 2 atom stereocenters. The molecule has 1 rings (SSSR count). The third kappa shape index (κ3) is 1.37. The van der Waals surface area contributed by atoms with Crippen molar-refractivity contribution in [3.05, 3.63) is 24.1 Å². The van der Waals surface area contributed by atoms with Crippen molar-refractivity contribution in [2.75, 3.05) is 0 Å². The van der Waals surface area contributed by atoms with Crippen LogP contribution in [0.5, 0.6) is 0 Å². The molecule has 0 N–H and O–H groups in total. The molecule has 0 radical (unpaired) electrons. The molecular formula is C7H8F2. The number of allylic oxidation sites excluding steroid dienone is 4. The number of alkyl halides is 1. The number of hydrogen-bond acceptors (Lipinski definition) is 0. The average Bonchev–Trinajstić information content (AvgIpc) is 1.80. The number of halogens is 2. The van der Waals surface area contributed by atoms with Crippen molar-refractivity contribution in [2.45, 2.75) is 13.1 Å². The van der Waals surface area contributed by atoms with E-state index >= 15 is 0 Å². The highest BCUT2D eigenvalue weighted by Gasteiger charge is 2.14. The van der Waals surface area contributed by atoms with Gasteiger partial charge in [-0.25, -0.2) is 8.78 Å². The molecule has 0 bridgehead atoms. The van der Waals surface area contributed by atoms with E-state index in [0.717, 1.165) is 6.08 Å². The molecule has 1 aliphatic rings. The van der Waals surface area contributed by atoms with Gasteiger partial charge in [0.15, 0.2) is 0 Å². The molecule has 50 valence electrons.